The van der Waals surface area contributed by atoms with Crippen molar-refractivity contribution >= 4 is 23.4 Å². The van der Waals surface area contributed by atoms with Gasteiger partial charge in [0, 0.05) is 24.2 Å². The van der Waals surface area contributed by atoms with Crippen LogP contribution in [0, 0.1) is 5.92 Å². The lowest BCUT2D eigenvalue weighted by Gasteiger charge is -2.20. The fourth-order valence-corrected chi connectivity index (χ4v) is 4.27. The molecule has 1 fully saturated rings. The Morgan fingerprint density at radius 3 is 2.73 bits per heavy atom. The lowest BCUT2D eigenvalue weighted by molar-refractivity contribution is 0.348. The van der Waals surface area contributed by atoms with Crippen LogP contribution in [0.25, 0.3) is 0 Å². The van der Waals surface area contributed by atoms with Gasteiger partial charge in [0.2, 0.25) is 0 Å². The van der Waals surface area contributed by atoms with Crippen LogP contribution in [0.1, 0.15) is 43.5 Å². The van der Waals surface area contributed by atoms with Gasteiger partial charge < -0.3 is 4.57 Å². The first-order chi connectivity index (χ1) is 10.7. The highest BCUT2D eigenvalue weighted by atomic mass is 35.5. The molecule has 1 aromatic heterocycles. The summed E-state index contributed by atoms with van der Waals surface area (Å²) >= 11 is 7.91. The summed E-state index contributed by atoms with van der Waals surface area (Å²) in [5, 5.41) is 10.6. The van der Waals surface area contributed by atoms with E-state index in [9.17, 15) is 0 Å². The lowest BCUT2D eigenvalue weighted by Crippen LogP contribution is -2.12. The van der Waals surface area contributed by atoms with Gasteiger partial charge in [-0.25, -0.2) is 0 Å². The average Bonchev–Trinajstić information content (AvgIpc) is 2.88. The van der Waals surface area contributed by atoms with Crippen molar-refractivity contribution in [1.29, 1.82) is 0 Å². The van der Waals surface area contributed by atoms with E-state index in [-0.39, 0.29) is 0 Å². The fraction of sp³-hybridized carbons (Fsp3) is 0.529. The number of hydrogen-bond donors (Lipinski definition) is 0. The van der Waals surface area contributed by atoms with Crippen LogP contribution in [0.2, 0.25) is 5.02 Å². The summed E-state index contributed by atoms with van der Waals surface area (Å²) in [6.07, 6.45) is 7.89. The highest BCUT2D eigenvalue weighted by Gasteiger charge is 2.18. The van der Waals surface area contributed by atoms with E-state index in [1.54, 1.807) is 11.8 Å². The summed E-state index contributed by atoms with van der Waals surface area (Å²) in [6, 6.07) is 7.98. The van der Waals surface area contributed by atoms with E-state index >= 15 is 0 Å². The number of hydrogen-bond acceptors (Lipinski definition) is 3. The van der Waals surface area contributed by atoms with Gasteiger partial charge in [0.05, 0.1) is 0 Å². The molecule has 0 amide bonds. The smallest absolute Gasteiger partial charge is 0.191 e. The Kier molecular flexibility index (Phi) is 5.42. The van der Waals surface area contributed by atoms with Gasteiger partial charge in [-0.1, -0.05) is 73.7 Å². The molecular formula is C17H22ClN3S. The molecule has 1 aliphatic rings. The molecule has 3 rings (SSSR count). The Hall–Kier alpha value is -1.00. The summed E-state index contributed by atoms with van der Waals surface area (Å²) in [6.45, 7) is 0. The maximum Gasteiger partial charge on any atom is 0.191 e. The molecule has 0 radical (unpaired) electrons. The molecule has 0 spiro atoms. The molecular weight excluding hydrogens is 314 g/mol. The quantitative estimate of drug-likeness (QED) is 0.729. The summed E-state index contributed by atoms with van der Waals surface area (Å²) in [4.78, 5) is 0. The molecule has 3 nitrogen and oxygen atoms in total. The van der Waals surface area contributed by atoms with Gasteiger partial charge in [0.15, 0.2) is 5.16 Å². The minimum Gasteiger partial charge on any atom is -0.309 e. The molecule has 0 bridgehead atoms. The molecule has 0 aliphatic heterocycles. The number of aromatic nitrogens is 3. The number of nitrogens with zero attached hydrogens (tertiary/aromatic N) is 3. The normalized spacial score (nSPS) is 16.1. The molecule has 2 aromatic rings. The minimum atomic E-state index is 0.790. The summed E-state index contributed by atoms with van der Waals surface area (Å²) < 4.78 is 2.15. The molecule has 0 saturated heterocycles. The Balaban J connectivity index is 1.62. The number of thioether (sulfide) groups is 1. The Bertz CT molecular complexity index is 620. The lowest BCUT2D eigenvalue weighted by atomic mass is 9.87. The van der Waals surface area contributed by atoms with Crippen LogP contribution < -0.4 is 0 Å². The fourth-order valence-electron chi connectivity index (χ4n) is 3.06. The van der Waals surface area contributed by atoms with Crippen LogP contribution in [0.5, 0.6) is 0 Å². The van der Waals surface area contributed by atoms with Crippen LogP contribution in [-0.4, -0.2) is 14.8 Å². The number of benzene rings is 1. The Morgan fingerprint density at radius 2 is 1.95 bits per heavy atom. The van der Waals surface area contributed by atoms with Gasteiger partial charge in [-0.2, -0.15) is 0 Å². The zero-order valence-corrected chi connectivity index (χ0v) is 14.5. The van der Waals surface area contributed by atoms with Crippen LogP contribution in [0.15, 0.2) is 29.4 Å². The zero-order chi connectivity index (χ0) is 15.4. The van der Waals surface area contributed by atoms with E-state index in [0.29, 0.717) is 0 Å². The molecule has 0 atom stereocenters. The van der Waals surface area contributed by atoms with E-state index in [1.807, 2.05) is 18.2 Å². The van der Waals surface area contributed by atoms with Crippen molar-refractivity contribution in [3.63, 3.8) is 0 Å². The molecule has 5 heteroatoms. The first-order valence-corrected chi connectivity index (χ1v) is 9.35. The van der Waals surface area contributed by atoms with Crippen LogP contribution in [0.3, 0.4) is 0 Å². The molecule has 22 heavy (non-hydrogen) atoms. The van der Waals surface area contributed by atoms with E-state index in [4.69, 9.17) is 11.6 Å². The van der Waals surface area contributed by atoms with Gasteiger partial charge >= 0.3 is 0 Å². The van der Waals surface area contributed by atoms with E-state index in [2.05, 4.69) is 27.9 Å². The van der Waals surface area contributed by atoms with Gasteiger partial charge in [-0.15, -0.1) is 10.2 Å². The second-order valence-corrected chi connectivity index (χ2v) is 7.40. The van der Waals surface area contributed by atoms with E-state index < -0.39 is 0 Å². The monoisotopic (exact) mass is 335 g/mol. The predicted molar refractivity (Wildman–Crippen MR) is 92.3 cm³/mol. The van der Waals surface area contributed by atoms with Gasteiger partial charge in [0.1, 0.15) is 5.82 Å². The topological polar surface area (TPSA) is 30.7 Å². The van der Waals surface area contributed by atoms with Crippen molar-refractivity contribution < 1.29 is 0 Å². The van der Waals surface area contributed by atoms with Gasteiger partial charge in [-0.3, -0.25) is 0 Å². The van der Waals surface area contributed by atoms with Crippen molar-refractivity contribution in [2.24, 2.45) is 13.0 Å². The van der Waals surface area contributed by atoms with Crippen molar-refractivity contribution in [2.75, 3.05) is 0 Å². The van der Waals surface area contributed by atoms with Crippen molar-refractivity contribution in [1.82, 2.24) is 14.8 Å². The zero-order valence-electron chi connectivity index (χ0n) is 13.0. The first kappa shape index (κ1) is 15.9. The molecule has 1 heterocycles. The number of rotatable bonds is 5. The number of halogens is 1. The largest absolute Gasteiger partial charge is 0.309 e. The standard InChI is InChI=1S/C17H22ClN3S/c1-21-16(11-13-7-3-2-4-8-13)19-20-17(21)22-12-14-9-5-6-10-15(14)18/h5-6,9-10,13H,2-4,7-8,11-12H2,1H3. The third kappa shape index (κ3) is 3.85. The highest BCUT2D eigenvalue weighted by molar-refractivity contribution is 7.98. The molecule has 118 valence electrons. The molecule has 0 N–H and O–H groups in total. The van der Waals surface area contributed by atoms with Crippen molar-refractivity contribution in [3.05, 3.63) is 40.7 Å². The Morgan fingerprint density at radius 1 is 1.18 bits per heavy atom. The van der Waals surface area contributed by atoms with E-state index in [0.717, 1.165) is 39.7 Å². The Labute approximate surface area is 141 Å². The van der Waals surface area contributed by atoms with Crippen molar-refractivity contribution in [3.8, 4) is 0 Å². The van der Waals surface area contributed by atoms with Gasteiger partial charge in [0.25, 0.3) is 0 Å². The minimum absolute atomic E-state index is 0.790. The van der Waals surface area contributed by atoms with E-state index in [1.165, 1.54) is 32.1 Å². The van der Waals surface area contributed by atoms with Crippen molar-refractivity contribution in [2.45, 2.75) is 49.4 Å². The third-order valence-corrected chi connectivity index (χ3v) is 5.87. The van der Waals surface area contributed by atoms with Crippen LogP contribution in [0.4, 0.5) is 0 Å². The SMILES string of the molecule is Cn1c(CC2CCCCC2)nnc1SCc1ccccc1Cl. The molecule has 0 unspecified atom stereocenters. The maximum absolute atomic E-state index is 6.21. The summed E-state index contributed by atoms with van der Waals surface area (Å²) in [7, 11) is 2.08. The predicted octanol–water partition coefficient (Wildman–Crippen LogP) is 4.88. The molecule has 1 saturated carbocycles. The second-order valence-electron chi connectivity index (χ2n) is 6.05. The second kappa shape index (κ2) is 7.51. The maximum atomic E-state index is 6.21. The third-order valence-electron chi connectivity index (χ3n) is 4.44. The van der Waals surface area contributed by atoms with Gasteiger partial charge in [-0.05, 0) is 17.5 Å². The highest BCUT2D eigenvalue weighted by Crippen LogP contribution is 2.28. The molecule has 1 aliphatic carbocycles. The first-order valence-electron chi connectivity index (χ1n) is 7.98. The molecule has 1 aromatic carbocycles. The van der Waals surface area contributed by atoms with Crippen LogP contribution >= 0.6 is 23.4 Å². The van der Waals surface area contributed by atoms with Crippen LogP contribution in [-0.2, 0) is 19.2 Å². The summed E-state index contributed by atoms with van der Waals surface area (Å²) in [5.41, 5.74) is 1.14. The summed E-state index contributed by atoms with van der Waals surface area (Å²) in [5.74, 6) is 2.74. The average molecular weight is 336 g/mol.